The van der Waals surface area contributed by atoms with Crippen LogP contribution < -0.4 is 0 Å². The van der Waals surface area contributed by atoms with Gasteiger partial charge in [0, 0.05) is 20.3 Å². The van der Waals surface area contributed by atoms with Crippen LogP contribution in [0.2, 0.25) is 0 Å². The summed E-state index contributed by atoms with van der Waals surface area (Å²) in [6, 6.07) is 7.69. The van der Waals surface area contributed by atoms with Gasteiger partial charge in [0.2, 0.25) is 0 Å². The van der Waals surface area contributed by atoms with E-state index >= 15 is 0 Å². The first-order valence-electron chi connectivity index (χ1n) is 4.90. The van der Waals surface area contributed by atoms with Crippen molar-refractivity contribution in [2.24, 2.45) is 0 Å². The number of thiophene rings is 1. The molecule has 0 radical (unpaired) electrons. The largest absolute Gasteiger partial charge is 0.345 e. The lowest BCUT2D eigenvalue weighted by molar-refractivity contribution is 0.0827. The van der Waals surface area contributed by atoms with Gasteiger partial charge in [-0.15, -0.1) is 11.3 Å². The van der Waals surface area contributed by atoms with E-state index in [1.165, 1.54) is 0 Å². The van der Waals surface area contributed by atoms with Gasteiger partial charge in [-0.1, -0.05) is 6.07 Å². The Morgan fingerprint density at radius 3 is 2.62 bits per heavy atom. The minimum absolute atomic E-state index is 0.0229. The molecule has 82 valence electrons. The standard InChI is InChI=1S/C12H12N2OS/c1-14(2)12(15)9-5-6-10(13-8-9)11-4-3-7-16-11/h3-8H,1-2H3. The van der Waals surface area contributed by atoms with Crippen molar-refractivity contribution in [1.29, 1.82) is 0 Å². The van der Waals surface area contributed by atoms with Crippen LogP contribution in [0.25, 0.3) is 10.6 Å². The zero-order chi connectivity index (χ0) is 11.5. The van der Waals surface area contributed by atoms with Gasteiger partial charge in [-0.2, -0.15) is 0 Å². The van der Waals surface area contributed by atoms with Crippen LogP contribution in [0, 0.1) is 0 Å². The van der Waals surface area contributed by atoms with Crippen molar-refractivity contribution in [2.75, 3.05) is 14.1 Å². The third kappa shape index (κ3) is 2.12. The van der Waals surface area contributed by atoms with Gasteiger partial charge < -0.3 is 4.90 Å². The Labute approximate surface area is 98.4 Å². The fourth-order valence-electron chi connectivity index (χ4n) is 1.35. The number of carbonyl (C=O) groups excluding carboxylic acids is 1. The molecule has 0 aliphatic rings. The molecule has 0 bridgehead atoms. The average Bonchev–Trinajstić information content (AvgIpc) is 2.81. The lowest BCUT2D eigenvalue weighted by atomic mass is 10.2. The Balaban J connectivity index is 2.27. The quantitative estimate of drug-likeness (QED) is 0.797. The number of carbonyl (C=O) groups is 1. The Bertz CT molecular complexity index is 474. The maximum Gasteiger partial charge on any atom is 0.254 e. The van der Waals surface area contributed by atoms with E-state index in [0.717, 1.165) is 10.6 Å². The fraction of sp³-hybridized carbons (Fsp3) is 0.167. The molecule has 0 fully saturated rings. The molecule has 0 unspecified atom stereocenters. The summed E-state index contributed by atoms with van der Waals surface area (Å²) in [6.07, 6.45) is 1.62. The molecule has 0 saturated heterocycles. The molecule has 0 atom stereocenters. The smallest absolute Gasteiger partial charge is 0.254 e. The summed E-state index contributed by atoms with van der Waals surface area (Å²) >= 11 is 1.64. The predicted octanol–water partition coefficient (Wildman–Crippen LogP) is 2.51. The van der Waals surface area contributed by atoms with Gasteiger partial charge in [0.25, 0.3) is 5.91 Å². The van der Waals surface area contributed by atoms with Gasteiger partial charge in [0.05, 0.1) is 16.1 Å². The number of amides is 1. The first kappa shape index (κ1) is 10.8. The molecule has 4 heteroatoms. The molecule has 0 N–H and O–H groups in total. The second kappa shape index (κ2) is 4.45. The number of aromatic nitrogens is 1. The van der Waals surface area contributed by atoms with E-state index in [1.54, 1.807) is 36.5 Å². The molecule has 2 heterocycles. The Morgan fingerprint density at radius 2 is 2.12 bits per heavy atom. The number of hydrogen-bond donors (Lipinski definition) is 0. The third-order valence-corrected chi connectivity index (χ3v) is 3.08. The van der Waals surface area contributed by atoms with E-state index in [2.05, 4.69) is 4.98 Å². The third-order valence-electron chi connectivity index (χ3n) is 2.19. The Hall–Kier alpha value is -1.68. The highest BCUT2D eigenvalue weighted by atomic mass is 32.1. The predicted molar refractivity (Wildman–Crippen MR) is 65.6 cm³/mol. The summed E-state index contributed by atoms with van der Waals surface area (Å²) in [4.78, 5) is 18.6. The van der Waals surface area contributed by atoms with Gasteiger partial charge in [-0.25, -0.2) is 0 Å². The summed E-state index contributed by atoms with van der Waals surface area (Å²) in [6.45, 7) is 0. The highest BCUT2D eigenvalue weighted by Gasteiger charge is 2.08. The zero-order valence-electron chi connectivity index (χ0n) is 9.18. The molecule has 16 heavy (non-hydrogen) atoms. The molecular formula is C12H12N2OS. The van der Waals surface area contributed by atoms with E-state index in [-0.39, 0.29) is 5.91 Å². The van der Waals surface area contributed by atoms with Crippen molar-refractivity contribution in [3.63, 3.8) is 0 Å². The topological polar surface area (TPSA) is 33.2 Å². The van der Waals surface area contributed by atoms with Gasteiger partial charge >= 0.3 is 0 Å². The number of rotatable bonds is 2. The van der Waals surface area contributed by atoms with Crippen LogP contribution in [0.5, 0.6) is 0 Å². The maximum atomic E-state index is 11.6. The molecule has 0 aliphatic heterocycles. The Morgan fingerprint density at radius 1 is 1.31 bits per heavy atom. The molecule has 0 aromatic carbocycles. The highest BCUT2D eigenvalue weighted by Crippen LogP contribution is 2.22. The minimum atomic E-state index is -0.0229. The van der Waals surface area contributed by atoms with Gasteiger partial charge in [0.1, 0.15) is 0 Å². The van der Waals surface area contributed by atoms with E-state index in [1.807, 2.05) is 29.6 Å². The first-order valence-corrected chi connectivity index (χ1v) is 5.78. The molecule has 0 aliphatic carbocycles. The van der Waals surface area contributed by atoms with Crippen LogP contribution >= 0.6 is 11.3 Å². The molecule has 3 nitrogen and oxygen atoms in total. The summed E-state index contributed by atoms with van der Waals surface area (Å²) < 4.78 is 0. The fourth-order valence-corrected chi connectivity index (χ4v) is 2.05. The van der Waals surface area contributed by atoms with Crippen LogP contribution in [-0.4, -0.2) is 29.9 Å². The summed E-state index contributed by atoms with van der Waals surface area (Å²) in [5.74, 6) is -0.0229. The van der Waals surface area contributed by atoms with Crippen molar-refractivity contribution in [2.45, 2.75) is 0 Å². The van der Waals surface area contributed by atoms with Gasteiger partial charge in [-0.05, 0) is 23.6 Å². The molecule has 2 rings (SSSR count). The van der Waals surface area contributed by atoms with Crippen molar-refractivity contribution in [3.8, 4) is 10.6 Å². The summed E-state index contributed by atoms with van der Waals surface area (Å²) in [7, 11) is 3.46. The second-order valence-electron chi connectivity index (χ2n) is 3.61. The Kier molecular flexibility index (Phi) is 3.01. The molecule has 0 saturated carbocycles. The number of pyridine rings is 1. The van der Waals surface area contributed by atoms with E-state index in [0.29, 0.717) is 5.56 Å². The highest BCUT2D eigenvalue weighted by molar-refractivity contribution is 7.13. The zero-order valence-corrected chi connectivity index (χ0v) is 9.99. The monoisotopic (exact) mass is 232 g/mol. The first-order chi connectivity index (χ1) is 7.68. The molecule has 2 aromatic rings. The summed E-state index contributed by atoms with van der Waals surface area (Å²) in [5.41, 5.74) is 1.52. The number of nitrogens with zero attached hydrogens (tertiary/aromatic N) is 2. The molecule has 2 aromatic heterocycles. The summed E-state index contributed by atoms with van der Waals surface area (Å²) in [5, 5.41) is 2.01. The lowest BCUT2D eigenvalue weighted by Gasteiger charge is -2.09. The SMILES string of the molecule is CN(C)C(=O)c1ccc(-c2cccs2)nc1. The van der Waals surface area contributed by atoms with Gasteiger partial charge in [-0.3, -0.25) is 9.78 Å². The van der Waals surface area contributed by atoms with Crippen LogP contribution in [-0.2, 0) is 0 Å². The van der Waals surface area contributed by atoms with E-state index < -0.39 is 0 Å². The lowest BCUT2D eigenvalue weighted by Crippen LogP contribution is -2.21. The van der Waals surface area contributed by atoms with Crippen molar-refractivity contribution in [3.05, 3.63) is 41.4 Å². The van der Waals surface area contributed by atoms with E-state index in [9.17, 15) is 4.79 Å². The van der Waals surface area contributed by atoms with Crippen molar-refractivity contribution in [1.82, 2.24) is 9.88 Å². The van der Waals surface area contributed by atoms with Crippen LogP contribution in [0.4, 0.5) is 0 Å². The van der Waals surface area contributed by atoms with E-state index in [4.69, 9.17) is 0 Å². The van der Waals surface area contributed by atoms with Crippen LogP contribution in [0.3, 0.4) is 0 Å². The molecular weight excluding hydrogens is 220 g/mol. The van der Waals surface area contributed by atoms with Crippen LogP contribution in [0.15, 0.2) is 35.8 Å². The average molecular weight is 232 g/mol. The van der Waals surface area contributed by atoms with Gasteiger partial charge in [0.15, 0.2) is 0 Å². The minimum Gasteiger partial charge on any atom is -0.345 e. The maximum absolute atomic E-state index is 11.6. The molecule has 1 amide bonds. The van der Waals surface area contributed by atoms with Crippen LogP contribution in [0.1, 0.15) is 10.4 Å². The van der Waals surface area contributed by atoms with Crippen molar-refractivity contribution >= 4 is 17.2 Å². The second-order valence-corrected chi connectivity index (χ2v) is 4.56. The normalized spacial score (nSPS) is 10.1. The number of hydrogen-bond acceptors (Lipinski definition) is 3. The van der Waals surface area contributed by atoms with Crippen molar-refractivity contribution < 1.29 is 4.79 Å². The molecule has 0 spiro atoms.